The summed E-state index contributed by atoms with van der Waals surface area (Å²) in [7, 11) is 0. The van der Waals surface area contributed by atoms with Gasteiger partial charge in [0.25, 0.3) is 0 Å². The summed E-state index contributed by atoms with van der Waals surface area (Å²) in [6.45, 7) is 11.6. The highest BCUT2D eigenvalue weighted by Gasteiger charge is 2.10. The Hall–Kier alpha value is -1.12. The molecule has 1 aliphatic rings. The fourth-order valence-corrected chi connectivity index (χ4v) is 2.32. The number of rotatable bonds is 6. The van der Waals surface area contributed by atoms with Gasteiger partial charge < -0.3 is 15.8 Å². The minimum atomic E-state index is 0. The molecule has 1 aliphatic heterocycles. The number of hydrogen-bond acceptors (Lipinski definition) is 3. The Morgan fingerprint density at radius 1 is 1.35 bits per heavy atom. The summed E-state index contributed by atoms with van der Waals surface area (Å²) in [4.78, 5) is 6.77. The van der Waals surface area contributed by atoms with Crippen LogP contribution in [0, 0.1) is 0 Å². The van der Waals surface area contributed by atoms with Crippen LogP contribution in [0.3, 0.4) is 0 Å². The molecule has 5 nitrogen and oxygen atoms in total. The van der Waals surface area contributed by atoms with E-state index in [1.807, 2.05) is 6.92 Å². The molecule has 0 amide bonds. The molecule has 128 valence electrons. The van der Waals surface area contributed by atoms with E-state index < -0.39 is 0 Å². The maximum Gasteiger partial charge on any atom is 0.189 e. The van der Waals surface area contributed by atoms with Gasteiger partial charge in [0.15, 0.2) is 5.96 Å². The second kappa shape index (κ2) is 10.6. The highest BCUT2D eigenvalue weighted by molar-refractivity contribution is 14.0. The van der Waals surface area contributed by atoms with Gasteiger partial charge in [0.1, 0.15) is 0 Å². The van der Waals surface area contributed by atoms with Crippen molar-refractivity contribution in [1.82, 2.24) is 10.2 Å². The van der Waals surface area contributed by atoms with Crippen molar-refractivity contribution in [2.45, 2.75) is 20.0 Å². The minimum Gasteiger partial charge on any atom is -0.379 e. The number of nitrogens with zero attached hydrogens (tertiary/aromatic N) is 2. The van der Waals surface area contributed by atoms with Gasteiger partial charge in [-0.25, -0.2) is 4.99 Å². The van der Waals surface area contributed by atoms with Crippen LogP contribution in [0.25, 0.3) is 0 Å². The first kappa shape index (κ1) is 19.9. The molecule has 1 aromatic rings. The number of benzene rings is 1. The third-order valence-electron chi connectivity index (χ3n) is 3.50. The maximum atomic E-state index is 5.83. The molecular formula is C17H27IN4O. The summed E-state index contributed by atoms with van der Waals surface area (Å²) in [5.74, 6) is 0.460. The smallest absolute Gasteiger partial charge is 0.189 e. The molecule has 23 heavy (non-hydrogen) atoms. The van der Waals surface area contributed by atoms with Gasteiger partial charge in [-0.05, 0) is 18.1 Å². The molecule has 0 aromatic heterocycles. The maximum absolute atomic E-state index is 5.83. The van der Waals surface area contributed by atoms with E-state index in [0.717, 1.165) is 38.4 Å². The molecule has 0 radical (unpaired) electrons. The predicted molar refractivity (Wildman–Crippen MR) is 106 cm³/mol. The lowest BCUT2D eigenvalue weighted by Gasteiger charge is -2.26. The number of nitrogens with two attached hydrogens (primary N) is 1. The molecule has 0 spiro atoms. The van der Waals surface area contributed by atoms with E-state index in [-0.39, 0.29) is 24.0 Å². The van der Waals surface area contributed by atoms with Gasteiger partial charge in [0.2, 0.25) is 0 Å². The Labute approximate surface area is 156 Å². The van der Waals surface area contributed by atoms with Crippen molar-refractivity contribution < 1.29 is 4.74 Å². The highest BCUT2D eigenvalue weighted by atomic mass is 127. The zero-order valence-electron chi connectivity index (χ0n) is 13.8. The second-order valence-corrected chi connectivity index (χ2v) is 5.72. The van der Waals surface area contributed by atoms with Crippen molar-refractivity contribution in [3.8, 4) is 0 Å². The fourth-order valence-electron chi connectivity index (χ4n) is 2.32. The summed E-state index contributed by atoms with van der Waals surface area (Å²) in [5, 5.41) is 3.04. The molecule has 0 aliphatic carbocycles. The largest absolute Gasteiger partial charge is 0.379 e. The summed E-state index contributed by atoms with van der Waals surface area (Å²) >= 11 is 0. The van der Waals surface area contributed by atoms with Crippen molar-refractivity contribution in [3.05, 3.63) is 47.5 Å². The van der Waals surface area contributed by atoms with Crippen LogP contribution in [0.1, 0.15) is 18.1 Å². The monoisotopic (exact) mass is 430 g/mol. The summed E-state index contributed by atoms with van der Waals surface area (Å²) < 4.78 is 5.38. The van der Waals surface area contributed by atoms with Crippen LogP contribution >= 0.6 is 24.0 Å². The molecule has 0 bridgehead atoms. The van der Waals surface area contributed by atoms with Crippen molar-refractivity contribution >= 4 is 29.9 Å². The first-order chi connectivity index (χ1) is 10.6. The van der Waals surface area contributed by atoms with Gasteiger partial charge >= 0.3 is 0 Å². The minimum absolute atomic E-state index is 0. The molecule has 0 unspecified atom stereocenters. The lowest BCUT2D eigenvalue weighted by Crippen LogP contribution is -2.35. The fraction of sp³-hybridized carbons (Fsp3) is 0.471. The molecule has 3 N–H and O–H groups in total. The van der Waals surface area contributed by atoms with Crippen LogP contribution in [0.5, 0.6) is 0 Å². The van der Waals surface area contributed by atoms with Gasteiger partial charge in [-0.1, -0.05) is 36.4 Å². The molecule has 0 atom stereocenters. The van der Waals surface area contributed by atoms with Crippen LogP contribution in [0.15, 0.2) is 41.4 Å². The molecule has 1 aromatic carbocycles. The first-order valence-corrected chi connectivity index (χ1v) is 7.69. The third kappa shape index (κ3) is 7.81. The number of halogens is 1. The summed E-state index contributed by atoms with van der Waals surface area (Å²) in [6.07, 6.45) is 0. The number of hydrogen-bond donors (Lipinski definition) is 2. The predicted octanol–water partition coefficient (Wildman–Crippen LogP) is 2.12. The van der Waals surface area contributed by atoms with E-state index in [9.17, 15) is 0 Å². The van der Waals surface area contributed by atoms with Crippen molar-refractivity contribution in [3.63, 3.8) is 0 Å². The standard InChI is InChI=1S/C17H26N4O.HI/c1-14(2)11-19-17(18)20-12-15-4-3-5-16(10-15)13-21-6-8-22-9-7-21;/h3-5,10H,1,6-9,11-13H2,2H3,(H3,18,19,20);1H. The quantitative estimate of drug-likeness (QED) is 0.314. The van der Waals surface area contributed by atoms with Crippen LogP contribution in [0.2, 0.25) is 0 Å². The molecule has 1 heterocycles. The van der Waals surface area contributed by atoms with E-state index in [4.69, 9.17) is 10.5 Å². The summed E-state index contributed by atoms with van der Waals surface area (Å²) in [6, 6.07) is 8.52. The van der Waals surface area contributed by atoms with Crippen LogP contribution in [-0.4, -0.2) is 43.7 Å². The van der Waals surface area contributed by atoms with Crippen LogP contribution < -0.4 is 11.1 Å². The van der Waals surface area contributed by atoms with E-state index in [2.05, 4.69) is 46.1 Å². The molecule has 2 rings (SSSR count). The van der Waals surface area contributed by atoms with E-state index in [1.165, 1.54) is 11.1 Å². The lowest BCUT2D eigenvalue weighted by molar-refractivity contribution is 0.0342. The average Bonchev–Trinajstić information content (AvgIpc) is 2.52. The molecule has 1 fully saturated rings. The van der Waals surface area contributed by atoms with Crippen LogP contribution in [-0.2, 0) is 17.8 Å². The Morgan fingerprint density at radius 2 is 2.04 bits per heavy atom. The normalized spacial score (nSPS) is 15.8. The van der Waals surface area contributed by atoms with E-state index in [0.29, 0.717) is 19.0 Å². The van der Waals surface area contributed by atoms with E-state index >= 15 is 0 Å². The van der Waals surface area contributed by atoms with Gasteiger partial charge in [-0.15, -0.1) is 24.0 Å². The topological polar surface area (TPSA) is 62.9 Å². The Kier molecular flexibility index (Phi) is 9.20. The van der Waals surface area contributed by atoms with Crippen molar-refractivity contribution in [2.75, 3.05) is 32.8 Å². The highest BCUT2D eigenvalue weighted by Crippen LogP contribution is 2.10. The van der Waals surface area contributed by atoms with Gasteiger partial charge in [-0.2, -0.15) is 0 Å². The van der Waals surface area contributed by atoms with Gasteiger partial charge in [-0.3, -0.25) is 4.90 Å². The van der Waals surface area contributed by atoms with Crippen molar-refractivity contribution in [2.24, 2.45) is 10.7 Å². The zero-order chi connectivity index (χ0) is 15.8. The Morgan fingerprint density at radius 3 is 2.74 bits per heavy atom. The molecule has 6 heteroatoms. The van der Waals surface area contributed by atoms with Gasteiger partial charge in [0.05, 0.1) is 19.8 Å². The second-order valence-electron chi connectivity index (χ2n) is 5.72. The average molecular weight is 430 g/mol. The number of morpholine rings is 1. The number of nitrogens with one attached hydrogen (secondary N) is 1. The number of aliphatic imine (C=N–C) groups is 1. The number of guanidine groups is 1. The SMILES string of the molecule is C=C(C)CNC(N)=NCc1cccc(CN2CCOCC2)c1.I. The Balaban J connectivity index is 0.00000264. The molecule has 1 saturated heterocycles. The van der Waals surface area contributed by atoms with Crippen LogP contribution in [0.4, 0.5) is 0 Å². The number of ether oxygens (including phenoxy) is 1. The first-order valence-electron chi connectivity index (χ1n) is 7.69. The molecular weight excluding hydrogens is 403 g/mol. The zero-order valence-corrected chi connectivity index (χ0v) is 16.1. The Bertz CT molecular complexity index is 527. The van der Waals surface area contributed by atoms with E-state index in [1.54, 1.807) is 0 Å². The summed E-state index contributed by atoms with van der Waals surface area (Å²) in [5.41, 5.74) is 9.35. The van der Waals surface area contributed by atoms with Gasteiger partial charge in [0, 0.05) is 26.2 Å². The molecule has 0 saturated carbocycles. The van der Waals surface area contributed by atoms with Crippen molar-refractivity contribution in [1.29, 1.82) is 0 Å². The third-order valence-corrected chi connectivity index (χ3v) is 3.50. The lowest BCUT2D eigenvalue weighted by atomic mass is 10.1.